The summed E-state index contributed by atoms with van der Waals surface area (Å²) < 4.78 is 19.9. The molecular formula is C30H42FN3O3. The average Bonchev–Trinajstić information content (AvgIpc) is 2.93. The summed E-state index contributed by atoms with van der Waals surface area (Å²) in [7, 11) is 1.80. The Kier molecular flexibility index (Phi) is 10.2. The minimum atomic E-state index is -0.235. The van der Waals surface area contributed by atoms with E-state index in [1.807, 2.05) is 12.1 Å². The molecule has 2 aromatic carbocycles. The van der Waals surface area contributed by atoms with Gasteiger partial charge in [0.15, 0.2) is 0 Å². The number of phenolic OH excluding ortho intramolecular Hbond substituents is 1. The molecule has 0 aromatic heterocycles. The van der Waals surface area contributed by atoms with Crippen LogP contribution in [0.15, 0.2) is 48.5 Å². The molecule has 37 heavy (non-hydrogen) atoms. The van der Waals surface area contributed by atoms with E-state index in [2.05, 4.69) is 15.1 Å². The number of benzene rings is 2. The summed E-state index contributed by atoms with van der Waals surface area (Å²) >= 11 is 0. The van der Waals surface area contributed by atoms with Crippen LogP contribution in [0.25, 0.3) is 0 Å². The fraction of sp³-hybridized carbons (Fsp3) is 0.567. The number of anilines is 1. The first-order valence-corrected chi connectivity index (χ1v) is 13.9. The van der Waals surface area contributed by atoms with Crippen LogP contribution in [0.5, 0.6) is 5.75 Å². The zero-order chi connectivity index (χ0) is 26.0. The molecule has 2 N–H and O–H groups in total. The Morgan fingerprint density at radius 2 is 1.76 bits per heavy atom. The highest BCUT2D eigenvalue weighted by atomic mass is 19.1. The SMILES string of the molecule is COC(CCCNC(=O)c1ccccc1O)C1CCC(CCN2CCN(c3ccccc3F)CC2)CC1. The molecule has 2 aromatic rings. The summed E-state index contributed by atoms with van der Waals surface area (Å²) in [5, 5.41) is 12.7. The minimum absolute atomic E-state index is 0.0105. The van der Waals surface area contributed by atoms with Crippen LogP contribution >= 0.6 is 0 Å². The standard InChI is InChI=1S/C30H42FN3O3/c1-37-29(11-6-17-32-30(36)25-7-2-5-10-28(25)35)24-14-12-23(13-15-24)16-18-33-19-21-34(22-20-33)27-9-4-3-8-26(27)31/h2-5,7-10,23-24,29,35H,6,11-22H2,1H3,(H,32,36). The van der Waals surface area contributed by atoms with Gasteiger partial charge in [-0.2, -0.15) is 0 Å². The topological polar surface area (TPSA) is 65.0 Å². The number of amides is 1. The highest BCUT2D eigenvalue weighted by Crippen LogP contribution is 2.35. The summed E-state index contributed by atoms with van der Waals surface area (Å²) in [5.74, 6) is 1.01. The Morgan fingerprint density at radius 1 is 1.05 bits per heavy atom. The molecule has 1 aliphatic carbocycles. The third-order valence-electron chi connectivity index (χ3n) is 8.24. The van der Waals surface area contributed by atoms with E-state index in [1.165, 1.54) is 38.2 Å². The molecule has 2 fully saturated rings. The lowest BCUT2D eigenvalue weighted by molar-refractivity contribution is 0.0212. The molecule has 1 atom stereocenters. The van der Waals surface area contributed by atoms with Gasteiger partial charge in [0.05, 0.1) is 17.4 Å². The second-order valence-corrected chi connectivity index (χ2v) is 10.5. The second-order valence-electron chi connectivity index (χ2n) is 10.5. The van der Waals surface area contributed by atoms with Gasteiger partial charge in [-0.3, -0.25) is 9.69 Å². The lowest BCUT2D eigenvalue weighted by Crippen LogP contribution is -2.47. The van der Waals surface area contributed by atoms with Gasteiger partial charge in [0.1, 0.15) is 11.6 Å². The Balaban J connectivity index is 1.10. The first-order valence-electron chi connectivity index (χ1n) is 13.9. The Bertz CT molecular complexity index is 988. The summed E-state index contributed by atoms with van der Waals surface area (Å²) in [6.07, 6.45) is 8.17. The Morgan fingerprint density at radius 3 is 2.46 bits per heavy atom. The number of para-hydroxylation sites is 2. The van der Waals surface area contributed by atoms with E-state index in [0.29, 0.717) is 18.0 Å². The molecular weight excluding hydrogens is 469 g/mol. The van der Waals surface area contributed by atoms with Crippen molar-refractivity contribution in [2.75, 3.05) is 51.3 Å². The molecule has 2 aliphatic rings. The van der Waals surface area contributed by atoms with E-state index in [-0.39, 0.29) is 23.6 Å². The molecule has 1 unspecified atom stereocenters. The summed E-state index contributed by atoms with van der Waals surface area (Å²) in [6, 6.07) is 13.7. The number of nitrogens with one attached hydrogen (secondary N) is 1. The Hall–Kier alpha value is -2.64. The van der Waals surface area contributed by atoms with Crippen molar-refractivity contribution >= 4 is 11.6 Å². The van der Waals surface area contributed by atoms with Crippen LogP contribution in [0.4, 0.5) is 10.1 Å². The van der Waals surface area contributed by atoms with Gasteiger partial charge in [0, 0.05) is 39.8 Å². The first-order chi connectivity index (χ1) is 18.0. The van der Waals surface area contributed by atoms with Gasteiger partial charge in [-0.05, 0) is 74.8 Å². The number of hydrogen-bond donors (Lipinski definition) is 2. The molecule has 1 heterocycles. The van der Waals surface area contributed by atoms with Gasteiger partial charge in [-0.15, -0.1) is 0 Å². The first kappa shape index (κ1) is 27.4. The fourth-order valence-electron chi connectivity index (χ4n) is 5.95. The van der Waals surface area contributed by atoms with Crippen LogP contribution in [-0.2, 0) is 4.74 Å². The average molecular weight is 512 g/mol. The van der Waals surface area contributed by atoms with E-state index in [4.69, 9.17) is 4.74 Å². The number of ether oxygens (including phenoxy) is 1. The number of phenols is 1. The van der Waals surface area contributed by atoms with Gasteiger partial charge in [-0.1, -0.05) is 37.1 Å². The van der Waals surface area contributed by atoms with Crippen LogP contribution < -0.4 is 10.2 Å². The number of halogens is 1. The lowest BCUT2D eigenvalue weighted by Gasteiger charge is -2.38. The predicted molar refractivity (Wildman–Crippen MR) is 146 cm³/mol. The molecule has 0 radical (unpaired) electrons. The van der Waals surface area contributed by atoms with Crippen molar-refractivity contribution in [2.24, 2.45) is 11.8 Å². The maximum atomic E-state index is 14.1. The summed E-state index contributed by atoms with van der Waals surface area (Å²) in [4.78, 5) is 17.0. The van der Waals surface area contributed by atoms with E-state index in [1.54, 1.807) is 37.4 Å². The molecule has 1 saturated carbocycles. The minimum Gasteiger partial charge on any atom is -0.507 e. The fourth-order valence-corrected chi connectivity index (χ4v) is 5.95. The highest BCUT2D eigenvalue weighted by Gasteiger charge is 2.28. The van der Waals surface area contributed by atoms with Crippen molar-refractivity contribution in [3.05, 3.63) is 59.9 Å². The van der Waals surface area contributed by atoms with Gasteiger partial charge >= 0.3 is 0 Å². The van der Waals surface area contributed by atoms with Crippen molar-refractivity contribution < 1.29 is 19.0 Å². The van der Waals surface area contributed by atoms with Gasteiger partial charge < -0.3 is 20.1 Å². The number of nitrogens with zero attached hydrogens (tertiary/aromatic N) is 2. The van der Waals surface area contributed by atoms with E-state index < -0.39 is 0 Å². The third kappa shape index (κ3) is 7.68. The number of piperazine rings is 1. The number of hydrogen-bond acceptors (Lipinski definition) is 5. The van der Waals surface area contributed by atoms with Crippen LogP contribution in [0.2, 0.25) is 0 Å². The largest absolute Gasteiger partial charge is 0.507 e. The van der Waals surface area contributed by atoms with Crippen molar-refractivity contribution in [1.29, 1.82) is 0 Å². The number of rotatable bonds is 11. The summed E-state index contributed by atoms with van der Waals surface area (Å²) in [6.45, 7) is 5.47. The molecule has 6 nitrogen and oxygen atoms in total. The zero-order valence-corrected chi connectivity index (χ0v) is 22.1. The van der Waals surface area contributed by atoms with Crippen molar-refractivity contribution in [3.8, 4) is 5.75 Å². The van der Waals surface area contributed by atoms with E-state index in [9.17, 15) is 14.3 Å². The van der Waals surface area contributed by atoms with Gasteiger partial charge in [0.25, 0.3) is 5.91 Å². The van der Waals surface area contributed by atoms with Crippen LogP contribution in [-0.4, -0.2) is 68.4 Å². The monoisotopic (exact) mass is 511 g/mol. The molecule has 7 heteroatoms. The maximum absolute atomic E-state index is 14.1. The lowest BCUT2D eigenvalue weighted by atomic mass is 9.77. The molecule has 202 valence electrons. The van der Waals surface area contributed by atoms with Crippen molar-refractivity contribution in [1.82, 2.24) is 10.2 Å². The Labute approximate surface area is 220 Å². The van der Waals surface area contributed by atoms with E-state index >= 15 is 0 Å². The third-order valence-corrected chi connectivity index (χ3v) is 8.24. The quantitative estimate of drug-likeness (QED) is 0.412. The number of methoxy groups -OCH3 is 1. The normalized spacial score (nSPS) is 21.5. The number of carbonyl (C=O) groups is 1. The van der Waals surface area contributed by atoms with Crippen molar-refractivity contribution in [2.45, 2.75) is 51.0 Å². The molecule has 1 saturated heterocycles. The maximum Gasteiger partial charge on any atom is 0.255 e. The van der Waals surface area contributed by atoms with Gasteiger partial charge in [0.2, 0.25) is 0 Å². The van der Waals surface area contributed by atoms with Crippen molar-refractivity contribution in [3.63, 3.8) is 0 Å². The van der Waals surface area contributed by atoms with E-state index in [0.717, 1.165) is 57.2 Å². The molecule has 1 amide bonds. The van der Waals surface area contributed by atoms with Gasteiger partial charge in [-0.25, -0.2) is 4.39 Å². The number of carbonyl (C=O) groups excluding carboxylic acids is 1. The zero-order valence-electron chi connectivity index (χ0n) is 22.1. The smallest absolute Gasteiger partial charge is 0.255 e. The van der Waals surface area contributed by atoms with Crippen LogP contribution in [0, 0.1) is 17.7 Å². The molecule has 1 aliphatic heterocycles. The predicted octanol–water partition coefficient (Wildman–Crippen LogP) is 5.08. The molecule has 4 rings (SSSR count). The van der Waals surface area contributed by atoms with Crippen LogP contribution in [0.1, 0.15) is 55.3 Å². The number of aromatic hydroxyl groups is 1. The summed E-state index contributed by atoms with van der Waals surface area (Å²) in [5.41, 5.74) is 1.04. The second kappa shape index (κ2) is 13.8. The highest BCUT2D eigenvalue weighted by molar-refractivity contribution is 5.96. The molecule has 0 spiro atoms. The van der Waals surface area contributed by atoms with Crippen LogP contribution in [0.3, 0.4) is 0 Å². The molecule has 0 bridgehead atoms.